The second kappa shape index (κ2) is 5.34. The number of carbonyl (C=O) groups is 2. The van der Waals surface area contributed by atoms with Crippen molar-refractivity contribution in [3.8, 4) is 0 Å². The lowest BCUT2D eigenvalue weighted by atomic mass is 10.2. The lowest BCUT2D eigenvalue weighted by molar-refractivity contribution is -0.137. The lowest BCUT2D eigenvalue weighted by Crippen LogP contribution is -2.35. The zero-order valence-electron chi connectivity index (χ0n) is 9.90. The number of carboxylic acid groups (broad SMARTS) is 1. The van der Waals surface area contributed by atoms with E-state index in [0.717, 1.165) is 0 Å². The van der Waals surface area contributed by atoms with Crippen molar-refractivity contribution < 1.29 is 19.1 Å². The van der Waals surface area contributed by atoms with Crippen LogP contribution >= 0.6 is 0 Å². The normalized spacial score (nSPS) is 10.0. The number of carboxylic acids is 1. The van der Waals surface area contributed by atoms with E-state index in [4.69, 9.17) is 9.52 Å². The summed E-state index contributed by atoms with van der Waals surface area (Å²) in [6.45, 7) is 6.75. The maximum absolute atomic E-state index is 12.1. The Kier molecular flexibility index (Phi) is 4.09. The first-order valence-corrected chi connectivity index (χ1v) is 5.14. The third-order valence-corrected chi connectivity index (χ3v) is 2.23. The summed E-state index contributed by atoms with van der Waals surface area (Å²) in [5, 5.41) is 8.73. The van der Waals surface area contributed by atoms with Gasteiger partial charge in [-0.3, -0.25) is 9.59 Å². The molecule has 0 saturated heterocycles. The van der Waals surface area contributed by atoms with Crippen molar-refractivity contribution >= 4 is 11.9 Å². The van der Waals surface area contributed by atoms with E-state index in [1.165, 1.54) is 11.0 Å². The number of rotatable bonds is 5. The summed E-state index contributed by atoms with van der Waals surface area (Å²) in [4.78, 5) is 23.9. The smallest absolute Gasteiger partial charge is 0.323 e. The second-order valence-electron chi connectivity index (χ2n) is 3.70. The van der Waals surface area contributed by atoms with Crippen LogP contribution in [0.4, 0.5) is 0 Å². The summed E-state index contributed by atoms with van der Waals surface area (Å²) >= 11 is 0. The number of hydrogen-bond acceptors (Lipinski definition) is 3. The maximum Gasteiger partial charge on any atom is 0.323 e. The van der Waals surface area contributed by atoms with Crippen LogP contribution in [-0.2, 0) is 4.79 Å². The Bertz CT molecular complexity index is 447. The number of aryl methyl sites for hydroxylation is 2. The van der Waals surface area contributed by atoms with Crippen LogP contribution in [0.5, 0.6) is 0 Å². The van der Waals surface area contributed by atoms with E-state index < -0.39 is 5.97 Å². The molecule has 0 aliphatic heterocycles. The Morgan fingerprint density at radius 1 is 1.53 bits per heavy atom. The first-order chi connectivity index (χ1) is 7.95. The molecule has 0 aromatic carbocycles. The number of carbonyl (C=O) groups excluding carboxylic acids is 1. The Balaban J connectivity index is 2.94. The summed E-state index contributed by atoms with van der Waals surface area (Å²) in [5.41, 5.74) is 0.394. The first kappa shape index (κ1) is 13.0. The fraction of sp³-hybridized carbons (Fsp3) is 0.333. The van der Waals surface area contributed by atoms with Crippen LogP contribution in [0.15, 0.2) is 23.1 Å². The van der Waals surface area contributed by atoms with Crippen molar-refractivity contribution in [3.05, 3.63) is 35.8 Å². The highest BCUT2D eigenvalue weighted by Crippen LogP contribution is 2.15. The van der Waals surface area contributed by atoms with E-state index in [0.29, 0.717) is 17.1 Å². The molecule has 0 spiro atoms. The van der Waals surface area contributed by atoms with Gasteiger partial charge in [-0.25, -0.2) is 0 Å². The van der Waals surface area contributed by atoms with Gasteiger partial charge < -0.3 is 14.4 Å². The molecule has 0 atom stereocenters. The standard InChI is InChI=1S/C12H15NO4/c1-4-5-13(7-11(14)15)12(16)10-6-8(2)17-9(10)3/h4,6H,1,5,7H2,2-3H3,(H,14,15). The Morgan fingerprint density at radius 2 is 2.18 bits per heavy atom. The van der Waals surface area contributed by atoms with E-state index >= 15 is 0 Å². The molecule has 0 saturated carbocycles. The molecular weight excluding hydrogens is 222 g/mol. The summed E-state index contributed by atoms with van der Waals surface area (Å²) in [6, 6.07) is 1.61. The van der Waals surface area contributed by atoms with E-state index in [9.17, 15) is 9.59 Å². The number of aliphatic carboxylic acids is 1. The molecule has 92 valence electrons. The molecule has 1 rings (SSSR count). The van der Waals surface area contributed by atoms with Gasteiger partial charge in [0.15, 0.2) is 0 Å². The van der Waals surface area contributed by atoms with E-state index in [-0.39, 0.29) is 19.0 Å². The molecular formula is C12H15NO4. The molecule has 0 aliphatic carbocycles. The van der Waals surface area contributed by atoms with Gasteiger partial charge in [-0.1, -0.05) is 6.08 Å². The number of hydrogen-bond donors (Lipinski definition) is 1. The number of amides is 1. The van der Waals surface area contributed by atoms with Crippen LogP contribution in [0.3, 0.4) is 0 Å². The van der Waals surface area contributed by atoms with E-state index in [1.54, 1.807) is 19.9 Å². The number of furan rings is 1. The second-order valence-corrected chi connectivity index (χ2v) is 3.70. The third-order valence-electron chi connectivity index (χ3n) is 2.23. The van der Waals surface area contributed by atoms with Gasteiger partial charge >= 0.3 is 5.97 Å². The lowest BCUT2D eigenvalue weighted by Gasteiger charge is -2.18. The molecule has 5 nitrogen and oxygen atoms in total. The molecule has 0 aliphatic rings. The van der Waals surface area contributed by atoms with Crippen molar-refractivity contribution in [2.75, 3.05) is 13.1 Å². The van der Waals surface area contributed by atoms with E-state index in [2.05, 4.69) is 6.58 Å². The van der Waals surface area contributed by atoms with Gasteiger partial charge in [0.2, 0.25) is 0 Å². The van der Waals surface area contributed by atoms with Gasteiger partial charge in [-0.2, -0.15) is 0 Å². The maximum atomic E-state index is 12.1. The van der Waals surface area contributed by atoms with Gasteiger partial charge in [0.05, 0.1) is 5.56 Å². The van der Waals surface area contributed by atoms with E-state index in [1.807, 2.05) is 0 Å². The van der Waals surface area contributed by atoms with Crippen molar-refractivity contribution in [2.24, 2.45) is 0 Å². The molecule has 1 aromatic heterocycles. The summed E-state index contributed by atoms with van der Waals surface area (Å²) in [5.74, 6) is -0.300. The topological polar surface area (TPSA) is 70.8 Å². The first-order valence-electron chi connectivity index (χ1n) is 5.14. The predicted molar refractivity (Wildman–Crippen MR) is 61.9 cm³/mol. The highest BCUT2D eigenvalue weighted by molar-refractivity contribution is 5.96. The highest BCUT2D eigenvalue weighted by atomic mass is 16.4. The van der Waals surface area contributed by atoms with Crippen molar-refractivity contribution in [1.82, 2.24) is 4.90 Å². The van der Waals surface area contributed by atoms with Crippen molar-refractivity contribution in [1.29, 1.82) is 0 Å². The van der Waals surface area contributed by atoms with Crippen molar-refractivity contribution in [3.63, 3.8) is 0 Å². The van der Waals surface area contributed by atoms with Gasteiger partial charge in [0, 0.05) is 6.54 Å². The molecule has 0 fully saturated rings. The zero-order chi connectivity index (χ0) is 13.0. The summed E-state index contributed by atoms with van der Waals surface area (Å²) < 4.78 is 5.25. The van der Waals surface area contributed by atoms with Gasteiger partial charge in [-0.15, -0.1) is 6.58 Å². The minimum Gasteiger partial charge on any atom is -0.480 e. The van der Waals surface area contributed by atoms with Crippen LogP contribution in [0.2, 0.25) is 0 Å². The molecule has 17 heavy (non-hydrogen) atoms. The van der Waals surface area contributed by atoms with Crippen molar-refractivity contribution in [2.45, 2.75) is 13.8 Å². The molecule has 5 heteroatoms. The highest BCUT2D eigenvalue weighted by Gasteiger charge is 2.21. The Hall–Kier alpha value is -2.04. The molecule has 0 unspecified atom stereocenters. The Morgan fingerprint density at radius 3 is 2.59 bits per heavy atom. The van der Waals surface area contributed by atoms with Gasteiger partial charge in [-0.05, 0) is 19.9 Å². The molecule has 0 radical (unpaired) electrons. The van der Waals surface area contributed by atoms with Crippen LogP contribution in [0, 0.1) is 13.8 Å². The fourth-order valence-corrected chi connectivity index (χ4v) is 1.55. The van der Waals surface area contributed by atoms with Crippen LogP contribution in [0.25, 0.3) is 0 Å². The average molecular weight is 237 g/mol. The van der Waals surface area contributed by atoms with Crippen LogP contribution < -0.4 is 0 Å². The monoisotopic (exact) mass is 237 g/mol. The minimum atomic E-state index is -1.06. The third kappa shape index (κ3) is 3.21. The Labute approximate surface area is 99.3 Å². The SMILES string of the molecule is C=CCN(CC(=O)O)C(=O)c1cc(C)oc1C. The zero-order valence-corrected chi connectivity index (χ0v) is 9.90. The van der Waals surface area contributed by atoms with Gasteiger partial charge in [0.25, 0.3) is 5.91 Å². The molecule has 1 heterocycles. The number of nitrogens with zero attached hydrogens (tertiary/aromatic N) is 1. The summed E-state index contributed by atoms with van der Waals surface area (Å²) in [6.07, 6.45) is 1.49. The van der Waals surface area contributed by atoms with Crippen LogP contribution in [0.1, 0.15) is 21.9 Å². The average Bonchev–Trinajstić information content (AvgIpc) is 2.55. The molecule has 1 aromatic rings. The van der Waals surface area contributed by atoms with Crippen LogP contribution in [-0.4, -0.2) is 35.0 Å². The molecule has 1 amide bonds. The largest absolute Gasteiger partial charge is 0.480 e. The fourth-order valence-electron chi connectivity index (χ4n) is 1.55. The van der Waals surface area contributed by atoms with Gasteiger partial charge in [0.1, 0.15) is 18.1 Å². The molecule has 1 N–H and O–H groups in total. The summed E-state index contributed by atoms with van der Waals surface area (Å²) in [7, 11) is 0. The molecule has 0 bridgehead atoms. The predicted octanol–water partition coefficient (Wildman–Crippen LogP) is 1.61. The minimum absolute atomic E-state index is 0.189. The quantitative estimate of drug-likeness (QED) is 0.790.